The first kappa shape index (κ1) is 41.2. The van der Waals surface area contributed by atoms with E-state index in [2.05, 4.69) is 25.5 Å². The topological polar surface area (TPSA) is 146 Å². The molecule has 56 heavy (non-hydrogen) atoms. The molecular weight excluding hydrogens is 756 g/mol. The van der Waals surface area contributed by atoms with Crippen molar-refractivity contribution in [3.63, 3.8) is 0 Å². The van der Waals surface area contributed by atoms with Gasteiger partial charge in [0, 0.05) is 49.5 Å². The maximum Gasteiger partial charge on any atom is 0.246 e. The average Bonchev–Trinajstić information content (AvgIpc) is 3.94. The lowest BCUT2D eigenvalue weighted by molar-refractivity contribution is -0.144. The molecule has 2 aliphatic heterocycles. The van der Waals surface area contributed by atoms with Gasteiger partial charge in [-0.2, -0.15) is 0 Å². The molecule has 3 N–H and O–H groups in total. The van der Waals surface area contributed by atoms with Gasteiger partial charge < -0.3 is 35.0 Å². The van der Waals surface area contributed by atoms with Crippen molar-refractivity contribution in [2.45, 2.75) is 84.5 Å². The zero-order valence-electron chi connectivity index (χ0n) is 32.5. The molecule has 3 amide bonds. The van der Waals surface area contributed by atoms with Gasteiger partial charge in [0.05, 0.1) is 53.7 Å². The molecule has 12 nitrogen and oxygen atoms in total. The van der Waals surface area contributed by atoms with Crippen LogP contribution in [0.15, 0.2) is 53.4 Å². The van der Waals surface area contributed by atoms with E-state index in [4.69, 9.17) is 9.47 Å². The van der Waals surface area contributed by atoms with Gasteiger partial charge in [-0.25, -0.2) is 14.4 Å². The van der Waals surface area contributed by atoms with Crippen molar-refractivity contribution in [3.8, 4) is 27.4 Å². The number of anilines is 1. The van der Waals surface area contributed by atoms with Crippen LogP contribution >= 0.6 is 22.7 Å². The predicted octanol–water partition coefficient (Wildman–Crippen LogP) is 6.14. The van der Waals surface area contributed by atoms with Gasteiger partial charge in [-0.15, -0.1) is 22.7 Å². The fourth-order valence-electron chi connectivity index (χ4n) is 6.91. The van der Waals surface area contributed by atoms with Gasteiger partial charge in [-0.3, -0.25) is 14.4 Å². The van der Waals surface area contributed by atoms with Crippen molar-refractivity contribution in [3.05, 3.63) is 70.4 Å². The number of morpholine rings is 1. The number of aromatic nitrogens is 2. The van der Waals surface area contributed by atoms with Gasteiger partial charge in [-0.05, 0) is 55.4 Å². The molecule has 0 bridgehead atoms. The highest BCUT2D eigenvalue weighted by atomic mass is 32.1. The second-order valence-electron chi connectivity index (χ2n) is 15.4. The van der Waals surface area contributed by atoms with Gasteiger partial charge in [0.25, 0.3) is 0 Å². The highest BCUT2D eigenvalue weighted by Crippen LogP contribution is 2.32. The minimum absolute atomic E-state index is 0.00515. The van der Waals surface area contributed by atoms with Crippen LogP contribution in [-0.2, 0) is 19.1 Å². The van der Waals surface area contributed by atoms with Crippen LogP contribution in [0.3, 0.4) is 0 Å². The Morgan fingerprint density at radius 2 is 1.82 bits per heavy atom. The third kappa shape index (κ3) is 10.1. The van der Waals surface area contributed by atoms with Gasteiger partial charge in [0.1, 0.15) is 23.7 Å². The number of likely N-dealkylation sites (tertiary alicyclic amines) is 1. The number of carbonyl (C=O) groups is 3. The summed E-state index contributed by atoms with van der Waals surface area (Å²) in [5, 5.41) is 19.2. The second-order valence-corrected chi connectivity index (χ2v) is 17.1. The van der Waals surface area contributed by atoms with Crippen molar-refractivity contribution < 1.29 is 33.4 Å². The molecule has 0 aliphatic carbocycles. The molecule has 15 heteroatoms. The van der Waals surface area contributed by atoms with E-state index >= 15 is 4.39 Å². The number of hydrogen-bond acceptors (Lipinski definition) is 11. The number of unbranched alkanes of at least 4 members (excludes halogenated alkanes) is 1. The Balaban J connectivity index is 0.975. The Morgan fingerprint density at radius 1 is 1.07 bits per heavy atom. The molecule has 4 aromatic rings. The Morgan fingerprint density at radius 3 is 2.50 bits per heavy atom. The lowest BCUT2D eigenvalue weighted by Gasteiger charge is -2.35. The Labute approximate surface area is 335 Å². The number of aryl methyl sites for hydroxylation is 1. The number of hydrogen-bond donors (Lipinski definition) is 3. The number of nitrogens with one attached hydrogen (secondary N) is 2. The summed E-state index contributed by atoms with van der Waals surface area (Å²) >= 11 is 3.06. The fourth-order valence-corrected chi connectivity index (χ4v) is 8.60. The molecule has 300 valence electrons. The summed E-state index contributed by atoms with van der Waals surface area (Å²) in [4.78, 5) is 54.4. The fraction of sp³-hybridized carbons (Fsp3) is 0.488. The highest BCUT2D eigenvalue weighted by molar-refractivity contribution is 7.14. The van der Waals surface area contributed by atoms with Crippen molar-refractivity contribution in [2.75, 3.05) is 44.4 Å². The van der Waals surface area contributed by atoms with Crippen LogP contribution in [0.5, 0.6) is 5.75 Å². The number of nitrogens with zero attached hydrogens (tertiary/aromatic N) is 4. The summed E-state index contributed by atoms with van der Waals surface area (Å²) < 4.78 is 26.3. The molecule has 0 radical (unpaired) electrons. The highest BCUT2D eigenvalue weighted by Gasteiger charge is 2.44. The zero-order chi connectivity index (χ0) is 40.0. The lowest BCUT2D eigenvalue weighted by atomic mass is 9.85. The van der Waals surface area contributed by atoms with Crippen LogP contribution in [-0.4, -0.2) is 95.3 Å². The number of thiazole rings is 2. The molecule has 0 spiro atoms. The summed E-state index contributed by atoms with van der Waals surface area (Å²) in [6.45, 7) is 12.5. The third-order valence-corrected chi connectivity index (χ3v) is 12.0. The summed E-state index contributed by atoms with van der Waals surface area (Å²) in [6, 6.07) is 10.5. The average molecular weight is 807 g/mol. The number of amides is 3. The molecule has 4 unspecified atom stereocenters. The smallest absolute Gasteiger partial charge is 0.246 e. The molecule has 4 atom stereocenters. The van der Waals surface area contributed by atoms with Crippen LogP contribution in [0.2, 0.25) is 0 Å². The van der Waals surface area contributed by atoms with E-state index in [0.29, 0.717) is 43.1 Å². The Bertz CT molecular complexity index is 1970. The van der Waals surface area contributed by atoms with E-state index in [1.807, 2.05) is 69.8 Å². The Kier molecular flexibility index (Phi) is 13.4. The van der Waals surface area contributed by atoms with E-state index in [9.17, 15) is 19.5 Å². The van der Waals surface area contributed by atoms with Gasteiger partial charge in [0.2, 0.25) is 17.7 Å². The number of halogens is 1. The first-order valence-electron chi connectivity index (χ1n) is 19.1. The normalized spacial score (nSPS) is 18.4. The maximum absolute atomic E-state index is 15.1. The second kappa shape index (κ2) is 18.2. The summed E-state index contributed by atoms with van der Waals surface area (Å²) in [6.07, 6.45) is 0.403. The van der Waals surface area contributed by atoms with Gasteiger partial charge >= 0.3 is 0 Å². The minimum atomic E-state index is -0.920. The predicted molar refractivity (Wildman–Crippen MR) is 216 cm³/mol. The summed E-state index contributed by atoms with van der Waals surface area (Å²) in [7, 11) is 0. The van der Waals surface area contributed by atoms with Crippen molar-refractivity contribution in [1.82, 2.24) is 25.5 Å². The number of benzene rings is 2. The number of ether oxygens (including phenoxy) is 2. The molecular formula is C41H51FN6O6S2. The molecule has 2 saturated heterocycles. The molecule has 2 aromatic carbocycles. The van der Waals surface area contributed by atoms with E-state index in [1.165, 1.54) is 22.3 Å². The number of aliphatic hydroxyl groups excluding tert-OH is 1. The quantitative estimate of drug-likeness (QED) is 0.128. The molecule has 6 rings (SSSR count). The van der Waals surface area contributed by atoms with Crippen LogP contribution in [0.25, 0.3) is 21.7 Å². The Hall–Kier alpha value is -4.44. The van der Waals surface area contributed by atoms with Gasteiger partial charge in [0.15, 0.2) is 5.13 Å². The van der Waals surface area contributed by atoms with E-state index in [0.717, 1.165) is 39.9 Å². The monoisotopic (exact) mass is 806 g/mol. The third-order valence-electron chi connectivity index (χ3n) is 10.1. The molecule has 2 aromatic heterocycles. The summed E-state index contributed by atoms with van der Waals surface area (Å²) in [5.74, 6) is -1.12. The van der Waals surface area contributed by atoms with Crippen molar-refractivity contribution >= 4 is 45.5 Å². The lowest BCUT2D eigenvalue weighted by Crippen LogP contribution is -2.57. The van der Waals surface area contributed by atoms with Crippen LogP contribution < -0.4 is 20.3 Å². The zero-order valence-corrected chi connectivity index (χ0v) is 34.2. The van der Waals surface area contributed by atoms with E-state index in [-0.39, 0.29) is 43.8 Å². The largest absolute Gasteiger partial charge is 0.493 e. The van der Waals surface area contributed by atoms with E-state index < -0.39 is 35.3 Å². The first-order valence-corrected chi connectivity index (χ1v) is 20.8. The van der Waals surface area contributed by atoms with Crippen LogP contribution in [0.4, 0.5) is 9.52 Å². The summed E-state index contributed by atoms with van der Waals surface area (Å²) in [5.41, 5.74) is 5.04. The molecule has 0 saturated carbocycles. The van der Waals surface area contributed by atoms with Crippen LogP contribution in [0.1, 0.15) is 70.7 Å². The first-order chi connectivity index (χ1) is 26.8. The molecule has 4 heterocycles. The van der Waals surface area contributed by atoms with Crippen molar-refractivity contribution in [1.29, 1.82) is 0 Å². The molecule has 2 aliphatic rings. The van der Waals surface area contributed by atoms with Crippen LogP contribution in [0, 0.1) is 18.2 Å². The van der Waals surface area contributed by atoms with E-state index in [1.54, 1.807) is 23.5 Å². The standard InChI is InChI=1S/C41H51FN6O6S2/c1-25(27-9-11-28(12-10-27)36-26(2)43-24-56-36)44-38(51)34-20-29(49)22-48(34)39(52)37(41(3,4)5)46-35(50)8-6-7-17-54-30-13-14-31(32(42)21-30)33-23-55-40(45-33)47-15-18-53-19-16-47/h9-14,21,23-25,29,34,37,49H,6-8,15-20,22H2,1-5H3,(H,44,51)(H,46,50). The number of aliphatic hydroxyl groups is 1. The minimum Gasteiger partial charge on any atom is -0.493 e. The SMILES string of the molecule is Cc1ncsc1-c1ccc(C(C)NC(=O)C2CC(O)CN2C(=O)C(NC(=O)CCCCOc2ccc(-c3csc(N4CCOCC4)n3)c(F)c2)C(C)(C)C)cc1. The number of rotatable bonds is 14. The maximum atomic E-state index is 15.1. The molecule has 2 fully saturated rings. The van der Waals surface area contributed by atoms with Crippen molar-refractivity contribution in [2.24, 2.45) is 5.41 Å². The van der Waals surface area contributed by atoms with Gasteiger partial charge in [-0.1, -0.05) is 45.0 Å². The number of carbonyl (C=O) groups excluding carboxylic acids is 3. The number of β-amino-alcohol motifs (C(OH)–C–C–N with tert-alkyl or cyclic N) is 1.